The van der Waals surface area contributed by atoms with Gasteiger partial charge in [0.25, 0.3) is 0 Å². The SMILES string of the molecule is O=C1CCC(OCCOc2ccc(Br)cc2)CC1. The van der Waals surface area contributed by atoms with E-state index in [0.29, 0.717) is 31.8 Å². The molecule has 98 valence electrons. The van der Waals surface area contributed by atoms with Gasteiger partial charge in [0, 0.05) is 17.3 Å². The molecule has 1 saturated carbocycles. The molecule has 0 N–H and O–H groups in total. The van der Waals surface area contributed by atoms with Crippen molar-refractivity contribution in [1.82, 2.24) is 0 Å². The Hall–Kier alpha value is -0.870. The number of Topliss-reactive ketones (excluding diaryl/α,β-unsaturated/α-hetero) is 1. The third-order valence-electron chi connectivity index (χ3n) is 3.01. The minimum atomic E-state index is 0.233. The van der Waals surface area contributed by atoms with Crippen molar-refractivity contribution < 1.29 is 14.3 Å². The number of carbonyl (C=O) groups excluding carboxylic acids is 1. The normalized spacial score (nSPS) is 16.8. The first-order valence-electron chi connectivity index (χ1n) is 6.26. The molecule has 3 nitrogen and oxygen atoms in total. The Morgan fingerprint density at radius 3 is 2.44 bits per heavy atom. The average Bonchev–Trinajstić information content (AvgIpc) is 2.39. The van der Waals surface area contributed by atoms with Gasteiger partial charge in [0.05, 0.1) is 12.7 Å². The van der Waals surface area contributed by atoms with Crippen LogP contribution in [0.1, 0.15) is 25.7 Å². The molecular formula is C14H17BrO3. The first kappa shape index (κ1) is 13.6. The van der Waals surface area contributed by atoms with Gasteiger partial charge in [-0.05, 0) is 37.1 Å². The van der Waals surface area contributed by atoms with E-state index < -0.39 is 0 Å². The predicted octanol–water partition coefficient (Wildman–Crippen LogP) is 3.36. The molecule has 0 aromatic heterocycles. The van der Waals surface area contributed by atoms with E-state index in [1.807, 2.05) is 24.3 Å². The molecule has 1 fully saturated rings. The van der Waals surface area contributed by atoms with Crippen molar-refractivity contribution in [3.8, 4) is 5.75 Å². The lowest BCUT2D eigenvalue weighted by Crippen LogP contribution is -2.23. The highest BCUT2D eigenvalue weighted by Crippen LogP contribution is 2.18. The molecule has 0 saturated heterocycles. The molecule has 4 heteroatoms. The average molecular weight is 313 g/mol. The fourth-order valence-electron chi connectivity index (χ4n) is 1.99. The first-order valence-corrected chi connectivity index (χ1v) is 7.05. The summed E-state index contributed by atoms with van der Waals surface area (Å²) in [6.07, 6.45) is 3.28. The molecule has 0 radical (unpaired) electrons. The standard InChI is InChI=1S/C14H17BrO3/c15-11-1-5-13(6-2-11)17-9-10-18-14-7-3-12(16)4-8-14/h1-2,5-6,14H,3-4,7-10H2. The van der Waals surface area contributed by atoms with Crippen molar-refractivity contribution in [1.29, 1.82) is 0 Å². The zero-order chi connectivity index (χ0) is 12.8. The van der Waals surface area contributed by atoms with Crippen LogP contribution in [-0.4, -0.2) is 25.1 Å². The first-order chi connectivity index (χ1) is 8.74. The van der Waals surface area contributed by atoms with Crippen LogP contribution in [0, 0.1) is 0 Å². The highest BCUT2D eigenvalue weighted by atomic mass is 79.9. The number of hydrogen-bond acceptors (Lipinski definition) is 3. The third kappa shape index (κ3) is 4.42. The molecule has 0 atom stereocenters. The van der Waals surface area contributed by atoms with Crippen LogP contribution in [0.15, 0.2) is 28.7 Å². The quantitative estimate of drug-likeness (QED) is 0.782. The fourth-order valence-corrected chi connectivity index (χ4v) is 2.25. The molecule has 1 aliphatic rings. The minimum Gasteiger partial charge on any atom is -0.491 e. The lowest BCUT2D eigenvalue weighted by molar-refractivity contribution is -0.123. The highest BCUT2D eigenvalue weighted by molar-refractivity contribution is 9.10. The lowest BCUT2D eigenvalue weighted by atomic mass is 9.97. The molecule has 1 aliphatic carbocycles. The smallest absolute Gasteiger partial charge is 0.133 e. The molecule has 2 rings (SSSR count). The van der Waals surface area contributed by atoms with Gasteiger partial charge in [-0.15, -0.1) is 0 Å². The van der Waals surface area contributed by atoms with Crippen molar-refractivity contribution in [2.75, 3.05) is 13.2 Å². The van der Waals surface area contributed by atoms with Gasteiger partial charge in [-0.3, -0.25) is 4.79 Å². The second-order valence-electron chi connectivity index (χ2n) is 4.41. The summed E-state index contributed by atoms with van der Waals surface area (Å²) in [5.41, 5.74) is 0. The van der Waals surface area contributed by atoms with Crippen molar-refractivity contribution >= 4 is 21.7 Å². The molecule has 1 aromatic carbocycles. The number of carbonyl (C=O) groups is 1. The minimum absolute atomic E-state index is 0.233. The van der Waals surface area contributed by atoms with E-state index >= 15 is 0 Å². The summed E-state index contributed by atoms with van der Waals surface area (Å²) in [5, 5.41) is 0. The van der Waals surface area contributed by atoms with Crippen molar-refractivity contribution in [3.63, 3.8) is 0 Å². The number of benzene rings is 1. The van der Waals surface area contributed by atoms with Crippen LogP contribution >= 0.6 is 15.9 Å². The van der Waals surface area contributed by atoms with Crippen LogP contribution in [0.2, 0.25) is 0 Å². The van der Waals surface area contributed by atoms with Crippen LogP contribution in [0.25, 0.3) is 0 Å². The maximum absolute atomic E-state index is 11.1. The monoisotopic (exact) mass is 312 g/mol. The van der Waals surface area contributed by atoms with Crippen molar-refractivity contribution in [2.24, 2.45) is 0 Å². The maximum Gasteiger partial charge on any atom is 0.133 e. The Morgan fingerprint density at radius 2 is 1.78 bits per heavy atom. The van der Waals surface area contributed by atoms with Crippen LogP contribution in [-0.2, 0) is 9.53 Å². The zero-order valence-corrected chi connectivity index (χ0v) is 11.8. The number of ketones is 1. The Bertz CT molecular complexity index is 379. The summed E-state index contributed by atoms with van der Waals surface area (Å²) >= 11 is 3.38. The van der Waals surface area contributed by atoms with Crippen LogP contribution in [0.5, 0.6) is 5.75 Å². The fraction of sp³-hybridized carbons (Fsp3) is 0.500. The van der Waals surface area contributed by atoms with E-state index in [4.69, 9.17) is 9.47 Å². The molecule has 0 heterocycles. The Balaban J connectivity index is 1.61. The molecule has 0 bridgehead atoms. The summed E-state index contributed by atoms with van der Waals surface area (Å²) in [6.45, 7) is 1.13. The highest BCUT2D eigenvalue weighted by Gasteiger charge is 2.18. The number of halogens is 1. The predicted molar refractivity (Wildman–Crippen MR) is 72.9 cm³/mol. The van der Waals surface area contributed by atoms with E-state index in [1.54, 1.807) is 0 Å². The van der Waals surface area contributed by atoms with Gasteiger partial charge in [-0.2, -0.15) is 0 Å². The van der Waals surface area contributed by atoms with Crippen molar-refractivity contribution in [3.05, 3.63) is 28.7 Å². The van der Waals surface area contributed by atoms with Crippen molar-refractivity contribution in [2.45, 2.75) is 31.8 Å². The summed E-state index contributed by atoms with van der Waals surface area (Å²) in [7, 11) is 0. The number of hydrogen-bond donors (Lipinski definition) is 0. The van der Waals surface area contributed by atoms with Gasteiger partial charge >= 0.3 is 0 Å². The van der Waals surface area contributed by atoms with Gasteiger partial charge in [0.15, 0.2) is 0 Å². The second kappa shape index (κ2) is 6.90. The number of rotatable bonds is 5. The maximum atomic E-state index is 11.1. The summed E-state index contributed by atoms with van der Waals surface area (Å²) in [6, 6.07) is 7.73. The molecule has 0 amide bonds. The van der Waals surface area contributed by atoms with Gasteiger partial charge in [-0.25, -0.2) is 0 Å². The largest absolute Gasteiger partial charge is 0.491 e. The van der Waals surface area contributed by atoms with Crippen LogP contribution in [0.4, 0.5) is 0 Å². The lowest BCUT2D eigenvalue weighted by Gasteiger charge is -2.21. The Kier molecular flexibility index (Phi) is 5.20. The van der Waals surface area contributed by atoms with Gasteiger partial charge in [0.1, 0.15) is 18.1 Å². The van der Waals surface area contributed by atoms with E-state index in [9.17, 15) is 4.79 Å². The van der Waals surface area contributed by atoms with Crippen LogP contribution in [0.3, 0.4) is 0 Å². The molecule has 18 heavy (non-hydrogen) atoms. The Morgan fingerprint density at radius 1 is 1.11 bits per heavy atom. The molecule has 1 aromatic rings. The Labute approximate surface area is 116 Å². The second-order valence-corrected chi connectivity index (χ2v) is 5.33. The van der Waals surface area contributed by atoms with Crippen LogP contribution < -0.4 is 4.74 Å². The summed E-state index contributed by atoms with van der Waals surface area (Å²) in [5.74, 6) is 1.21. The number of ether oxygens (including phenoxy) is 2. The molecule has 0 aliphatic heterocycles. The van der Waals surface area contributed by atoms with E-state index in [2.05, 4.69) is 15.9 Å². The summed E-state index contributed by atoms with van der Waals surface area (Å²) < 4.78 is 12.3. The molecule has 0 unspecified atom stereocenters. The zero-order valence-electron chi connectivity index (χ0n) is 10.2. The van der Waals surface area contributed by atoms with E-state index in [0.717, 1.165) is 23.1 Å². The van der Waals surface area contributed by atoms with Gasteiger partial charge in [-0.1, -0.05) is 15.9 Å². The third-order valence-corrected chi connectivity index (χ3v) is 3.54. The molecular weight excluding hydrogens is 296 g/mol. The van der Waals surface area contributed by atoms with Gasteiger partial charge in [0.2, 0.25) is 0 Å². The van der Waals surface area contributed by atoms with Gasteiger partial charge < -0.3 is 9.47 Å². The van der Waals surface area contributed by atoms with E-state index in [-0.39, 0.29) is 6.10 Å². The molecule has 0 spiro atoms. The topological polar surface area (TPSA) is 35.5 Å². The summed E-state index contributed by atoms with van der Waals surface area (Å²) in [4.78, 5) is 11.1. The van der Waals surface area contributed by atoms with E-state index in [1.165, 1.54) is 0 Å².